The van der Waals surface area contributed by atoms with Gasteiger partial charge in [0.05, 0.1) is 32.1 Å². The Kier molecular flexibility index (Phi) is 3.40. The number of pyridine rings is 1. The highest BCUT2D eigenvalue weighted by molar-refractivity contribution is 9.08. The molecule has 1 amide bonds. The molecular weight excluding hydrogens is 305 g/mol. The summed E-state index contributed by atoms with van der Waals surface area (Å²) in [6, 6.07) is 1.68. The molecule has 0 radical (unpaired) electrons. The van der Waals surface area contributed by atoms with Crippen LogP contribution in [0.15, 0.2) is 18.5 Å². The van der Waals surface area contributed by atoms with Gasteiger partial charge in [0.25, 0.3) is 5.91 Å². The van der Waals surface area contributed by atoms with Crippen LogP contribution in [0.3, 0.4) is 0 Å². The molecule has 0 saturated heterocycles. The number of hydrogen-bond donors (Lipinski definition) is 0. The molecule has 0 saturated carbocycles. The molecule has 0 bridgehead atoms. The van der Waals surface area contributed by atoms with E-state index in [1.807, 2.05) is 6.92 Å². The van der Waals surface area contributed by atoms with Crippen molar-refractivity contribution >= 4 is 44.7 Å². The smallest absolute Gasteiger partial charge is 0.255 e. The molecule has 0 fully saturated rings. The fourth-order valence-electron chi connectivity index (χ4n) is 1.59. The van der Waals surface area contributed by atoms with Crippen LogP contribution in [0.25, 0.3) is 11.0 Å². The lowest BCUT2D eigenvalue weighted by molar-refractivity contribution is 0.0804. The van der Waals surface area contributed by atoms with E-state index in [-0.39, 0.29) is 5.91 Å². The number of carbonyl (C=O) groups is 1. The summed E-state index contributed by atoms with van der Waals surface area (Å²) in [5.41, 5.74) is 1.20. The highest BCUT2D eigenvalue weighted by Gasteiger charge is 2.19. The number of hydrogen-bond acceptors (Lipinski definition) is 2. The molecule has 0 spiro atoms. The molecule has 6 heteroatoms. The van der Waals surface area contributed by atoms with E-state index in [0.29, 0.717) is 28.2 Å². The van der Waals surface area contributed by atoms with E-state index in [9.17, 15) is 4.79 Å². The SMILES string of the molecule is CCN(C)C(=O)c1cn(Br)c2nccc(Cl)c12. The Bertz CT molecular complexity index is 581. The maximum atomic E-state index is 12.2. The van der Waals surface area contributed by atoms with E-state index < -0.39 is 0 Å². The zero-order valence-corrected chi connectivity index (χ0v) is 11.8. The van der Waals surface area contributed by atoms with Crippen LogP contribution in [0.5, 0.6) is 0 Å². The molecule has 0 aromatic carbocycles. The number of carbonyl (C=O) groups excluding carboxylic acids is 1. The third-order valence-corrected chi connectivity index (χ3v) is 3.50. The summed E-state index contributed by atoms with van der Waals surface area (Å²) in [7, 11) is 1.75. The van der Waals surface area contributed by atoms with Crippen molar-refractivity contribution < 1.29 is 4.79 Å². The molecule has 0 aliphatic heterocycles. The Labute approximate surface area is 113 Å². The highest BCUT2D eigenvalue weighted by Crippen LogP contribution is 2.28. The minimum atomic E-state index is -0.0643. The lowest BCUT2D eigenvalue weighted by Gasteiger charge is -2.13. The second kappa shape index (κ2) is 4.66. The van der Waals surface area contributed by atoms with Crippen molar-refractivity contribution in [1.29, 1.82) is 0 Å². The molecule has 0 atom stereocenters. The summed E-state index contributed by atoms with van der Waals surface area (Å²) >= 11 is 9.44. The van der Waals surface area contributed by atoms with Crippen LogP contribution >= 0.6 is 27.7 Å². The van der Waals surface area contributed by atoms with Gasteiger partial charge in [-0.2, -0.15) is 0 Å². The van der Waals surface area contributed by atoms with Crippen molar-refractivity contribution in [3.05, 3.63) is 29.0 Å². The third-order valence-electron chi connectivity index (χ3n) is 2.65. The van der Waals surface area contributed by atoms with Gasteiger partial charge in [0.15, 0.2) is 5.65 Å². The Morgan fingerprint density at radius 1 is 1.65 bits per heavy atom. The highest BCUT2D eigenvalue weighted by atomic mass is 79.9. The summed E-state index contributed by atoms with van der Waals surface area (Å²) in [6.07, 6.45) is 3.30. The van der Waals surface area contributed by atoms with Crippen LogP contribution < -0.4 is 0 Å². The first-order valence-corrected chi connectivity index (χ1v) is 6.22. The van der Waals surface area contributed by atoms with Crippen LogP contribution in [0.2, 0.25) is 5.02 Å². The fraction of sp³-hybridized carbons (Fsp3) is 0.273. The number of rotatable bonds is 2. The zero-order valence-electron chi connectivity index (χ0n) is 9.44. The number of amides is 1. The van der Waals surface area contributed by atoms with Crippen LogP contribution in [0, 0.1) is 0 Å². The number of halogens is 2. The molecule has 0 N–H and O–H groups in total. The molecular formula is C11H11BrClN3O. The summed E-state index contributed by atoms with van der Waals surface area (Å²) in [6.45, 7) is 2.57. The van der Waals surface area contributed by atoms with Crippen molar-refractivity contribution in [1.82, 2.24) is 13.5 Å². The molecule has 0 aliphatic carbocycles. The Morgan fingerprint density at radius 2 is 2.35 bits per heavy atom. The van der Waals surface area contributed by atoms with Gasteiger partial charge in [0.2, 0.25) is 0 Å². The van der Waals surface area contributed by atoms with Gasteiger partial charge in [-0.25, -0.2) is 4.98 Å². The van der Waals surface area contributed by atoms with Crippen LogP contribution in [0.1, 0.15) is 17.3 Å². The largest absolute Gasteiger partial charge is 0.342 e. The Balaban J connectivity index is 2.66. The molecule has 2 rings (SSSR count). The van der Waals surface area contributed by atoms with Gasteiger partial charge in [-0.1, -0.05) is 11.6 Å². The monoisotopic (exact) mass is 315 g/mol. The molecule has 0 unspecified atom stereocenters. The first kappa shape index (κ1) is 12.4. The standard InChI is InChI=1S/C11H11BrClN3O/c1-3-15(2)11(17)7-6-16(12)10-9(7)8(13)4-5-14-10/h4-6H,3H2,1-2H3. The molecule has 90 valence electrons. The summed E-state index contributed by atoms with van der Waals surface area (Å²) in [4.78, 5) is 18.0. The number of nitrogens with zero attached hydrogens (tertiary/aromatic N) is 3. The van der Waals surface area contributed by atoms with E-state index in [1.54, 1.807) is 34.0 Å². The number of fused-ring (bicyclic) bond motifs is 1. The van der Waals surface area contributed by atoms with Gasteiger partial charge in [0, 0.05) is 26.0 Å². The van der Waals surface area contributed by atoms with Crippen molar-refractivity contribution in [2.24, 2.45) is 0 Å². The zero-order chi connectivity index (χ0) is 12.6. The molecule has 2 heterocycles. The van der Waals surface area contributed by atoms with Crippen molar-refractivity contribution in [3.63, 3.8) is 0 Å². The summed E-state index contributed by atoms with van der Waals surface area (Å²) < 4.78 is 1.63. The van der Waals surface area contributed by atoms with Crippen LogP contribution in [-0.4, -0.2) is 33.0 Å². The first-order chi connectivity index (χ1) is 8.06. The van der Waals surface area contributed by atoms with E-state index in [2.05, 4.69) is 21.1 Å². The molecule has 2 aromatic rings. The van der Waals surface area contributed by atoms with Crippen molar-refractivity contribution in [3.8, 4) is 0 Å². The second-order valence-electron chi connectivity index (χ2n) is 3.66. The number of aromatic nitrogens is 2. The maximum Gasteiger partial charge on any atom is 0.255 e. The third kappa shape index (κ3) is 2.05. The fourth-order valence-corrected chi connectivity index (χ4v) is 2.31. The predicted molar refractivity (Wildman–Crippen MR) is 71.7 cm³/mol. The summed E-state index contributed by atoms with van der Waals surface area (Å²) in [5.74, 6) is -0.0643. The first-order valence-electron chi connectivity index (χ1n) is 5.13. The normalized spacial score (nSPS) is 10.8. The van der Waals surface area contributed by atoms with Gasteiger partial charge in [-0.05, 0) is 13.0 Å². The molecule has 2 aromatic heterocycles. The lowest BCUT2D eigenvalue weighted by atomic mass is 10.2. The van der Waals surface area contributed by atoms with Crippen LogP contribution in [0.4, 0.5) is 0 Å². The molecule has 17 heavy (non-hydrogen) atoms. The van der Waals surface area contributed by atoms with Gasteiger partial charge in [-0.15, -0.1) is 0 Å². The van der Waals surface area contributed by atoms with Gasteiger partial charge in [0.1, 0.15) is 0 Å². The lowest BCUT2D eigenvalue weighted by Crippen LogP contribution is -2.26. The Hall–Kier alpha value is -1.07. The van der Waals surface area contributed by atoms with E-state index in [1.165, 1.54) is 0 Å². The van der Waals surface area contributed by atoms with Crippen molar-refractivity contribution in [2.45, 2.75) is 6.92 Å². The van der Waals surface area contributed by atoms with E-state index in [4.69, 9.17) is 11.6 Å². The van der Waals surface area contributed by atoms with Gasteiger partial charge in [-0.3, -0.25) is 8.39 Å². The minimum Gasteiger partial charge on any atom is -0.342 e. The van der Waals surface area contributed by atoms with Gasteiger partial charge >= 0.3 is 0 Å². The van der Waals surface area contributed by atoms with E-state index >= 15 is 0 Å². The molecule has 0 aliphatic rings. The average Bonchev–Trinajstić information content (AvgIpc) is 2.66. The second-order valence-corrected chi connectivity index (χ2v) is 4.84. The topological polar surface area (TPSA) is 38.1 Å². The maximum absolute atomic E-state index is 12.2. The molecule has 4 nitrogen and oxygen atoms in total. The van der Waals surface area contributed by atoms with E-state index in [0.717, 1.165) is 0 Å². The van der Waals surface area contributed by atoms with Crippen molar-refractivity contribution in [2.75, 3.05) is 13.6 Å². The predicted octanol–water partition coefficient (Wildman–Crippen LogP) is 2.94. The minimum absolute atomic E-state index is 0.0643. The average molecular weight is 317 g/mol. The van der Waals surface area contributed by atoms with Crippen LogP contribution in [-0.2, 0) is 0 Å². The van der Waals surface area contributed by atoms with Gasteiger partial charge < -0.3 is 4.90 Å². The quantitative estimate of drug-likeness (QED) is 0.854. The summed E-state index contributed by atoms with van der Waals surface area (Å²) in [5, 5.41) is 1.21. The Morgan fingerprint density at radius 3 is 3.00 bits per heavy atom.